The van der Waals surface area contributed by atoms with Gasteiger partial charge in [-0.1, -0.05) is 51.2 Å². The second-order valence-corrected chi connectivity index (χ2v) is 7.33. The van der Waals surface area contributed by atoms with Gasteiger partial charge in [-0.25, -0.2) is 14.8 Å². The molecule has 0 saturated heterocycles. The third-order valence-corrected chi connectivity index (χ3v) is 4.71. The molecule has 9 heteroatoms. The molecule has 0 saturated carbocycles. The van der Waals surface area contributed by atoms with Gasteiger partial charge < -0.3 is 14.2 Å². The monoisotopic (exact) mass is 454 g/mol. The second kappa shape index (κ2) is 13.0. The van der Waals surface area contributed by atoms with Crippen LogP contribution >= 0.6 is 0 Å². The maximum atomic E-state index is 12.9. The van der Waals surface area contributed by atoms with Crippen molar-refractivity contribution < 1.29 is 32.2 Å². The number of alkyl halides is 3. The van der Waals surface area contributed by atoms with E-state index in [1.54, 1.807) is 24.5 Å². The van der Waals surface area contributed by atoms with Crippen molar-refractivity contribution in [3.8, 4) is 17.1 Å². The highest BCUT2D eigenvalue weighted by Crippen LogP contribution is 2.25. The highest BCUT2D eigenvalue weighted by molar-refractivity contribution is 5.90. The molecule has 176 valence electrons. The number of halogens is 3. The van der Waals surface area contributed by atoms with Crippen LogP contribution in [0.1, 0.15) is 55.8 Å². The zero-order valence-electron chi connectivity index (χ0n) is 18.4. The lowest BCUT2D eigenvalue weighted by molar-refractivity contribution is -0.215. The lowest BCUT2D eigenvalue weighted by atomic mass is 10.1. The molecule has 0 radical (unpaired) electrons. The van der Waals surface area contributed by atoms with Gasteiger partial charge in [-0.05, 0) is 18.6 Å². The third-order valence-electron chi connectivity index (χ3n) is 4.71. The van der Waals surface area contributed by atoms with E-state index in [4.69, 9.17) is 4.74 Å². The van der Waals surface area contributed by atoms with Crippen LogP contribution in [0.15, 0.2) is 36.7 Å². The molecule has 0 aliphatic heterocycles. The Labute approximate surface area is 186 Å². The molecular weight excluding hydrogens is 425 g/mol. The number of ether oxygens (including phenoxy) is 3. The Hall–Kier alpha value is -2.68. The number of hydrogen-bond donors (Lipinski definition) is 0. The normalized spacial score (nSPS) is 12.4. The third kappa shape index (κ3) is 8.45. The van der Waals surface area contributed by atoms with Gasteiger partial charge in [-0.15, -0.1) is 0 Å². The fraction of sp³-hybridized carbons (Fsp3) is 0.522. The first kappa shape index (κ1) is 25.6. The molecule has 0 spiro atoms. The summed E-state index contributed by atoms with van der Waals surface area (Å²) in [6, 6.07) is 5.82. The molecule has 0 fully saturated rings. The van der Waals surface area contributed by atoms with Crippen molar-refractivity contribution in [3.05, 3.63) is 42.2 Å². The lowest BCUT2D eigenvalue weighted by Crippen LogP contribution is -2.37. The van der Waals surface area contributed by atoms with E-state index in [9.17, 15) is 18.0 Å². The molecule has 1 aromatic heterocycles. The molecule has 0 aliphatic carbocycles. The zero-order valence-corrected chi connectivity index (χ0v) is 18.4. The molecule has 0 N–H and O–H groups in total. The van der Waals surface area contributed by atoms with Crippen LogP contribution in [0.5, 0.6) is 5.75 Å². The number of nitrogens with zero attached hydrogens (tertiary/aromatic N) is 2. The van der Waals surface area contributed by atoms with Crippen molar-refractivity contribution in [3.63, 3.8) is 0 Å². The van der Waals surface area contributed by atoms with Crippen LogP contribution < -0.4 is 4.74 Å². The number of carbonyl (C=O) groups excluding carboxylic acids is 1. The topological polar surface area (TPSA) is 70.5 Å². The van der Waals surface area contributed by atoms with E-state index in [0.717, 1.165) is 20.0 Å². The van der Waals surface area contributed by atoms with Crippen LogP contribution in [0, 0.1) is 0 Å². The first-order valence-corrected chi connectivity index (χ1v) is 10.7. The van der Waals surface area contributed by atoms with Gasteiger partial charge in [0.15, 0.2) is 11.6 Å². The molecule has 1 heterocycles. The first-order chi connectivity index (χ1) is 15.3. The van der Waals surface area contributed by atoms with E-state index in [1.165, 1.54) is 37.8 Å². The van der Waals surface area contributed by atoms with E-state index >= 15 is 0 Å². The second-order valence-electron chi connectivity index (χ2n) is 7.33. The van der Waals surface area contributed by atoms with Gasteiger partial charge in [0, 0.05) is 12.7 Å². The fourth-order valence-corrected chi connectivity index (χ4v) is 2.91. The molecule has 2 rings (SSSR count). The van der Waals surface area contributed by atoms with E-state index in [2.05, 4.69) is 26.4 Å². The Morgan fingerprint density at radius 2 is 1.62 bits per heavy atom. The maximum absolute atomic E-state index is 12.9. The summed E-state index contributed by atoms with van der Waals surface area (Å²) in [6.45, 7) is 2.02. The van der Waals surface area contributed by atoms with E-state index in [1.807, 2.05) is 0 Å². The zero-order chi connectivity index (χ0) is 23.4. The predicted molar refractivity (Wildman–Crippen MR) is 113 cm³/mol. The predicted octanol–water partition coefficient (Wildman–Crippen LogP) is 5.62. The molecule has 2 aromatic rings. The number of rotatable bonds is 13. The van der Waals surface area contributed by atoms with Crippen LogP contribution in [0.4, 0.5) is 13.2 Å². The van der Waals surface area contributed by atoms with Gasteiger partial charge in [0.05, 0.1) is 31.2 Å². The van der Waals surface area contributed by atoms with Gasteiger partial charge >= 0.3 is 12.1 Å². The number of esters is 1. The van der Waals surface area contributed by atoms with E-state index in [0.29, 0.717) is 23.7 Å². The summed E-state index contributed by atoms with van der Waals surface area (Å²) >= 11 is 0. The summed E-state index contributed by atoms with van der Waals surface area (Å²) in [7, 11) is 1.10. The fourth-order valence-electron chi connectivity index (χ4n) is 2.91. The van der Waals surface area contributed by atoms with Crippen LogP contribution in [0.3, 0.4) is 0 Å². The molecule has 0 aliphatic rings. The molecular formula is C23H29F3N2O4. The lowest BCUT2D eigenvalue weighted by Gasteiger charge is -2.19. The standard InChI is InChI=1S/C23H29F3N2O4/c1-3-4-5-6-7-8-13-31-19-14-27-21(28-15-19)17-9-11-18(12-10-17)22(29)32-20(16-30-2)23(24,25)26/h9-12,14-15,20H,3-8,13,16H2,1-2H3. The molecule has 6 nitrogen and oxygen atoms in total. The quantitative estimate of drug-likeness (QED) is 0.289. The number of unbranched alkanes of at least 4 members (excludes halogenated alkanes) is 5. The van der Waals surface area contributed by atoms with Gasteiger partial charge in [0.1, 0.15) is 0 Å². The van der Waals surface area contributed by atoms with Gasteiger partial charge in [-0.3, -0.25) is 0 Å². The number of carbonyl (C=O) groups is 1. The molecule has 32 heavy (non-hydrogen) atoms. The van der Waals surface area contributed by atoms with Gasteiger partial charge in [-0.2, -0.15) is 13.2 Å². The number of benzene rings is 1. The Morgan fingerprint density at radius 3 is 2.22 bits per heavy atom. The van der Waals surface area contributed by atoms with Gasteiger partial charge in [0.2, 0.25) is 6.10 Å². The minimum absolute atomic E-state index is 0.0157. The SMILES string of the molecule is CCCCCCCCOc1cnc(-c2ccc(C(=O)OC(COC)C(F)(F)F)cc2)nc1. The summed E-state index contributed by atoms with van der Waals surface area (Å²) in [5, 5.41) is 0. The highest BCUT2D eigenvalue weighted by atomic mass is 19.4. The summed E-state index contributed by atoms with van der Waals surface area (Å²) in [4.78, 5) is 20.5. The van der Waals surface area contributed by atoms with Crippen LogP contribution in [0.25, 0.3) is 11.4 Å². The minimum Gasteiger partial charge on any atom is -0.490 e. The summed E-state index contributed by atoms with van der Waals surface area (Å²) in [5.41, 5.74) is 0.589. The van der Waals surface area contributed by atoms with E-state index in [-0.39, 0.29) is 5.56 Å². The Morgan fingerprint density at radius 1 is 1.00 bits per heavy atom. The Kier molecular flexibility index (Phi) is 10.4. The number of aromatic nitrogens is 2. The van der Waals surface area contributed by atoms with Crippen molar-refractivity contribution >= 4 is 5.97 Å². The summed E-state index contributed by atoms with van der Waals surface area (Å²) < 4.78 is 53.3. The van der Waals surface area contributed by atoms with Crippen molar-refractivity contribution in [2.45, 2.75) is 57.7 Å². The van der Waals surface area contributed by atoms with Crippen molar-refractivity contribution in [1.82, 2.24) is 9.97 Å². The van der Waals surface area contributed by atoms with Gasteiger partial charge in [0.25, 0.3) is 0 Å². The summed E-state index contributed by atoms with van der Waals surface area (Å²) in [6.07, 6.45) is 3.15. The Bertz CT molecular complexity index is 811. The average molecular weight is 454 g/mol. The molecule has 0 amide bonds. The molecule has 1 unspecified atom stereocenters. The first-order valence-electron chi connectivity index (χ1n) is 10.7. The molecule has 0 bridgehead atoms. The van der Waals surface area contributed by atoms with Crippen molar-refractivity contribution in [2.24, 2.45) is 0 Å². The number of hydrogen-bond acceptors (Lipinski definition) is 6. The highest BCUT2D eigenvalue weighted by Gasteiger charge is 2.43. The summed E-state index contributed by atoms with van der Waals surface area (Å²) in [5.74, 6) is -0.112. The maximum Gasteiger partial charge on any atom is 0.427 e. The van der Waals surface area contributed by atoms with Crippen LogP contribution in [0.2, 0.25) is 0 Å². The molecule has 1 aromatic carbocycles. The minimum atomic E-state index is -4.71. The smallest absolute Gasteiger partial charge is 0.427 e. The largest absolute Gasteiger partial charge is 0.490 e. The van der Waals surface area contributed by atoms with E-state index < -0.39 is 24.9 Å². The Balaban J connectivity index is 1.87. The van der Waals surface area contributed by atoms with Crippen LogP contribution in [-0.2, 0) is 9.47 Å². The van der Waals surface area contributed by atoms with Crippen molar-refractivity contribution in [2.75, 3.05) is 20.3 Å². The van der Waals surface area contributed by atoms with Crippen molar-refractivity contribution in [1.29, 1.82) is 0 Å². The van der Waals surface area contributed by atoms with Crippen LogP contribution in [-0.4, -0.2) is 48.5 Å². The number of methoxy groups -OCH3 is 1. The molecule has 1 atom stereocenters. The average Bonchev–Trinajstić information content (AvgIpc) is 2.78.